The summed E-state index contributed by atoms with van der Waals surface area (Å²) in [5.41, 5.74) is 12.4. The quantitative estimate of drug-likeness (QED) is 0.327. The fraction of sp³-hybridized carbons (Fsp3) is 1.00. The molecule has 0 saturated heterocycles. The summed E-state index contributed by atoms with van der Waals surface area (Å²) in [4.78, 5) is 0. The van der Waals surface area contributed by atoms with E-state index in [9.17, 15) is 0 Å². The van der Waals surface area contributed by atoms with Crippen molar-refractivity contribution >= 4 is 16.6 Å². The monoisotopic (exact) mass is 376 g/mol. The molecule has 0 heterocycles. The van der Waals surface area contributed by atoms with Crippen LogP contribution in [-0.2, 0) is 8.85 Å². The summed E-state index contributed by atoms with van der Waals surface area (Å²) in [6.45, 7) is 9.95. The zero-order valence-electron chi connectivity index (χ0n) is 17.2. The zero-order chi connectivity index (χ0) is 18.7. The highest BCUT2D eigenvalue weighted by Gasteiger charge is 2.28. The van der Waals surface area contributed by atoms with E-state index in [1.807, 2.05) is 14.2 Å². The summed E-state index contributed by atoms with van der Waals surface area (Å²) >= 11 is 0. The molecule has 0 atom stereocenters. The van der Waals surface area contributed by atoms with Gasteiger partial charge in [0.25, 0.3) is 0 Å². The Labute approximate surface area is 153 Å². The molecule has 0 amide bonds. The van der Waals surface area contributed by atoms with Crippen LogP contribution in [0.3, 0.4) is 0 Å². The summed E-state index contributed by atoms with van der Waals surface area (Å²) in [5, 5.41) is 0. The Bertz CT molecular complexity index is 304. The third kappa shape index (κ3) is 11.8. The zero-order valence-corrected chi connectivity index (χ0v) is 19.2. The predicted octanol–water partition coefficient (Wildman–Crippen LogP) is 4.47. The van der Waals surface area contributed by atoms with Gasteiger partial charge in [-0.15, -0.1) is 0 Å². The number of nitrogens with two attached hydrogens (primary N) is 2. The second kappa shape index (κ2) is 11.8. The number of unbranched alkanes of at least 4 members (excludes halogenated alkanes) is 2. The molecule has 0 rings (SSSR count). The SMILES string of the molecule is CO[Si](C)(C)CCCC(N)(CCCCCN)CCC[Si](C)(C)OC. The molecule has 0 aliphatic heterocycles. The van der Waals surface area contributed by atoms with E-state index in [0.29, 0.717) is 0 Å². The van der Waals surface area contributed by atoms with Gasteiger partial charge in [-0.1, -0.05) is 25.7 Å². The van der Waals surface area contributed by atoms with Crippen molar-refractivity contribution in [2.75, 3.05) is 20.8 Å². The van der Waals surface area contributed by atoms with Crippen molar-refractivity contribution in [2.45, 2.75) is 95.2 Å². The summed E-state index contributed by atoms with van der Waals surface area (Å²) in [6.07, 6.45) is 9.24. The third-order valence-corrected chi connectivity index (χ3v) is 10.7. The Balaban J connectivity index is 4.46. The van der Waals surface area contributed by atoms with Gasteiger partial charge in [0, 0.05) is 19.8 Å². The maximum atomic E-state index is 6.84. The van der Waals surface area contributed by atoms with Crippen LogP contribution in [0.25, 0.3) is 0 Å². The Morgan fingerprint density at radius 2 is 1.12 bits per heavy atom. The minimum absolute atomic E-state index is 0.0228. The molecular weight excluding hydrogens is 332 g/mol. The highest BCUT2D eigenvalue weighted by atomic mass is 28.4. The molecule has 0 aromatic heterocycles. The topological polar surface area (TPSA) is 70.5 Å². The van der Waals surface area contributed by atoms with Gasteiger partial charge >= 0.3 is 0 Å². The molecule has 0 unspecified atom stereocenters. The van der Waals surface area contributed by atoms with Crippen LogP contribution in [0.2, 0.25) is 38.3 Å². The predicted molar refractivity (Wildman–Crippen MR) is 112 cm³/mol. The van der Waals surface area contributed by atoms with Gasteiger partial charge < -0.3 is 20.3 Å². The van der Waals surface area contributed by atoms with Gasteiger partial charge in [-0.05, 0) is 70.5 Å². The number of rotatable bonds is 15. The molecule has 0 aromatic rings. The van der Waals surface area contributed by atoms with Crippen LogP contribution in [0.4, 0.5) is 0 Å². The fourth-order valence-electron chi connectivity index (χ4n) is 3.11. The average molecular weight is 377 g/mol. The molecule has 24 heavy (non-hydrogen) atoms. The Hall–Kier alpha value is 0.274. The molecule has 4 nitrogen and oxygen atoms in total. The lowest BCUT2D eigenvalue weighted by molar-refractivity contribution is 0.313. The van der Waals surface area contributed by atoms with Gasteiger partial charge in [0.05, 0.1) is 0 Å². The molecule has 0 spiro atoms. The largest absolute Gasteiger partial charge is 0.420 e. The molecule has 6 heteroatoms. The van der Waals surface area contributed by atoms with Crippen molar-refractivity contribution in [1.29, 1.82) is 0 Å². The first-order valence-electron chi connectivity index (χ1n) is 9.69. The molecule has 0 bridgehead atoms. The molecule has 146 valence electrons. The van der Waals surface area contributed by atoms with E-state index in [2.05, 4.69) is 26.2 Å². The maximum absolute atomic E-state index is 6.84. The first kappa shape index (κ1) is 24.3. The van der Waals surface area contributed by atoms with Crippen molar-refractivity contribution in [1.82, 2.24) is 0 Å². The Morgan fingerprint density at radius 1 is 0.708 bits per heavy atom. The minimum Gasteiger partial charge on any atom is -0.420 e. The highest BCUT2D eigenvalue weighted by molar-refractivity contribution is 6.71. The van der Waals surface area contributed by atoms with Crippen molar-refractivity contribution in [3.8, 4) is 0 Å². The number of hydrogen-bond donors (Lipinski definition) is 2. The van der Waals surface area contributed by atoms with Crippen LogP contribution < -0.4 is 11.5 Å². The standard InChI is InChI=1S/C18H44N2O2Si2/c1-21-23(3,4)16-10-13-18(20,12-8-7-9-15-19)14-11-17-24(5,6)22-2/h7-17,19-20H2,1-6H3. The van der Waals surface area contributed by atoms with E-state index >= 15 is 0 Å². The highest BCUT2D eigenvalue weighted by Crippen LogP contribution is 2.28. The van der Waals surface area contributed by atoms with Gasteiger partial charge in [0.1, 0.15) is 0 Å². The summed E-state index contributed by atoms with van der Waals surface area (Å²) < 4.78 is 11.4. The van der Waals surface area contributed by atoms with Crippen LogP contribution in [0, 0.1) is 0 Å². The fourth-order valence-corrected chi connectivity index (χ4v) is 5.57. The van der Waals surface area contributed by atoms with Gasteiger partial charge in [-0.25, -0.2) is 0 Å². The van der Waals surface area contributed by atoms with Gasteiger partial charge in [0.15, 0.2) is 16.6 Å². The van der Waals surface area contributed by atoms with E-state index in [1.54, 1.807) is 0 Å². The number of hydrogen-bond acceptors (Lipinski definition) is 4. The van der Waals surface area contributed by atoms with Crippen molar-refractivity contribution in [2.24, 2.45) is 11.5 Å². The first-order chi connectivity index (χ1) is 11.1. The normalized spacial score (nSPS) is 13.5. The molecule has 0 fully saturated rings. The smallest absolute Gasteiger partial charge is 0.186 e. The lowest BCUT2D eigenvalue weighted by Gasteiger charge is -2.32. The van der Waals surface area contributed by atoms with E-state index in [4.69, 9.17) is 20.3 Å². The summed E-state index contributed by atoms with van der Waals surface area (Å²) in [7, 11) is 0.760. The van der Waals surface area contributed by atoms with Crippen molar-refractivity contribution < 1.29 is 8.85 Å². The third-order valence-electron chi connectivity index (χ3n) is 5.39. The van der Waals surface area contributed by atoms with Crippen LogP contribution in [0.1, 0.15) is 51.4 Å². The lowest BCUT2D eigenvalue weighted by Crippen LogP contribution is -2.41. The summed E-state index contributed by atoms with van der Waals surface area (Å²) in [5.74, 6) is 0. The van der Waals surface area contributed by atoms with Gasteiger partial charge in [0.2, 0.25) is 0 Å². The molecule has 0 radical (unpaired) electrons. The van der Waals surface area contributed by atoms with Crippen molar-refractivity contribution in [3.63, 3.8) is 0 Å². The molecule has 4 N–H and O–H groups in total. The van der Waals surface area contributed by atoms with E-state index in [0.717, 1.165) is 32.2 Å². The van der Waals surface area contributed by atoms with Crippen molar-refractivity contribution in [3.05, 3.63) is 0 Å². The first-order valence-corrected chi connectivity index (χ1v) is 15.9. The Morgan fingerprint density at radius 3 is 1.50 bits per heavy atom. The molecular formula is C18H44N2O2Si2. The molecule has 0 aliphatic carbocycles. The van der Waals surface area contributed by atoms with Crippen LogP contribution in [0.5, 0.6) is 0 Å². The van der Waals surface area contributed by atoms with E-state index in [1.165, 1.54) is 37.8 Å². The molecule has 0 aromatic carbocycles. The van der Waals surface area contributed by atoms with E-state index < -0.39 is 16.6 Å². The lowest BCUT2D eigenvalue weighted by atomic mass is 9.84. The van der Waals surface area contributed by atoms with Gasteiger partial charge in [-0.2, -0.15) is 0 Å². The minimum atomic E-state index is -1.47. The summed E-state index contributed by atoms with van der Waals surface area (Å²) in [6, 6.07) is 2.40. The Kier molecular flexibility index (Phi) is 11.9. The average Bonchev–Trinajstić information content (AvgIpc) is 2.51. The maximum Gasteiger partial charge on any atom is 0.186 e. The van der Waals surface area contributed by atoms with E-state index in [-0.39, 0.29) is 5.54 Å². The second-order valence-corrected chi connectivity index (χ2v) is 17.5. The van der Waals surface area contributed by atoms with Crippen LogP contribution in [-0.4, -0.2) is 42.9 Å². The van der Waals surface area contributed by atoms with Gasteiger partial charge in [-0.3, -0.25) is 0 Å². The second-order valence-electron chi connectivity index (χ2n) is 8.60. The van der Waals surface area contributed by atoms with Crippen LogP contribution >= 0.6 is 0 Å². The molecule has 0 aliphatic rings. The van der Waals surface area contributed by atoms with Crippen LogP contribution in [0.15, 0.2) is 0 Å². The molecule has 0 saturated carbocycles.